The van der Waals surface area contributed by atoms with Gasteiger partial charge < -0.3 is 19.2 Å². The lowest BCUT2D eigenvalue weighted by atomic mass is 10.2. The number of methoxy groups -OCH3 is 1. The number of nitrogens with one attached hydrogen (secondary N) is 1. The summed E-state index contributed by atoms with van der Waals surface area (Å²) in [6.07, 6.45) is 0.146. The average Bonchev–Trinajstić information content (AvgIpc) is 2.85. The summed E-state index contributed by atoms with van der Waals surface area (Å²) >= 11 is 0. The summed E-state index contributed by atoms with van der Waals surface area (Å²) in [4.78, 5) is 11.2. The van der Waals surface area contributed by atoms with E-state index in [0.29, 0.717) is 12.4 Å². The van der Waals surface area contributed by atoms with Crippen molar-refractivity contribution in [3.8, 4) is 0 Å². The number of hydrogen-bond acceptors (Lipinski definition) is 5. The summed E-state index contributed by atoms with van der Waals surface area (Å²) in [5, 5.41) is 3.28. The van der Waals surface area contributed by atoms with Crippen molar-refractivity contribution >= 4 is 5.97 Å². The van der Waals surface area contributed by atoms with Gasteiger partial charge in [-0.2, -0.15) is 0 Å². The Bertz CT molecular complexity index is 375. The van der Waals surface area contributed by atoms with Gasteiger partial charge in [-0.05, 0) is 32.9 Å². The van der Waals surface area contributed by atoms with Gasteiger partial charge in [0.25, 0.3) is 0 Å². The third kappa shape index (κ3) is 4.16. The molecule has 1 aromatic heterocycles. The molecule has 0 amide bonds. The first kappa shape index (κ1) is 14.7. The first-order valence-corrected chi connectivity index (χ1v) is 6.11. The van der Waals surface area contributed by atoms with Crippen LogP contribution in [-0.4, -0.2) is 32.3 Å². The van der Waals surface area contributed by atoms with E-state index in [1.807, 2.05) is 20.8 Å². The number of esters is 1. The zero-order valence-electron chi connectivity index (χ0n) is 11.4. The van der Waals surface area contributed by atoms with Crippen molar-refractivity contribution in [1.29, 1.82) is 0 Å². The van der Waals surface area contributed by atoms with E-state index in [1.165, 1.54) is 7.11 Å². The molecule has 1 N–H and O–H groups in total. The van der Waals surface area contributed by atoms with Crippen molar-refractivity contribution in [2.45, 2.75) is 32.9 Å². The van der Waals surface area contributed by atoms with Crippen LogP contribution in [0.1, 0.15) is 43.1 Å². The van der Waals surface area contributed by atoms with Crippen LogP contribution in [0.3, 0.4) is 0 Å². The summed E-state index contributed by atoms with van der Waals surface area (Å²) in [7, 11) is 1.33. The highest BCUT2D eigenvalue weighted by Gasteiger charge is 2.15. The number of ether oxygens (including phenoxy) is 2. The molecular weight excluding hydrogens is 234 g/mol. The molecule has 1 aromatic rings. The van der Waals surface area contributed by atoms with E-state index in [-0.39, 0.29) is 17.9 Å². The smallest absolute Gasteiger partial charge is 0.373 e. The quantitative estimate of drug-likeness (QED) is 0.756. The van der Waals surface area contributed by atoms with Crippen molar-refractivity contribution in [3.63, 3.8) is 0 Å². The molecule has 18 heavy (non-hydrogen) atoms. The van der Waals surface area contributed by atoms with Gasteiger partial charge in [0.05, 0.1) is 19.3 Å². The molecule has 2 unspecified atom stereocenters. The van der Waals surface area contributed by atoms with E-state index in [2.05, 4.69) is 10.1 Å². The largest absolute Gasteiger partial charge is 0.463 e. The van der Waals surface area contributed by atoms with Crippen molar-refractivity contribution in [2.75, 3.05) is 20.3 Å². The minimum absolute atomic E-state index is 0.0197. The molecule has 1 heterocycles. The van der Waals surface area contributed by atoms with Gasteiger partial charge in [0.15, 0.2) is 0 Å². The third-order valence-corrected chi connectivity index (χ3v) is 2.60. The molecule has 0 aliphatic carbocycles. The molecule has 0 saturated heterocycles. The highest BCUT2D eigenvalue weighted by Crippen LogP contribution is 2.16. The van der Waals surface area contributed by atoms with E-state index in [0.717, 1.165) is 6.54 Å². The van der Waals surface area contributed by atoms with Gasteiger partial charge >= 0.3 is 5.97 Å². The molecule has 0 aromatic carbocycles. The summed E-state index contributed by atoms with van der Waals surface area (Å²) in [6, 6.07) is 3.41. The molecule has 0 bridgehead atoms. The second kappa shape index (κ2) is 7.18. The molecule has 5 heteroatoms. The predicted octanol–water partition coefficient (Wildman–Crippen LogP) is 2.14. The van der Waals surface area contributed by atoms with Crippen molar-refractivity contribution < 1.29 is 18.7 Å². The fourth-order valence-corrected chi connectivity index (χ4v) is 1.58. The third-order valence-electron chi connectivity index (χ3n) is 2.60. The minimum Gasteiger partial charge on any atom is -0.463 e. The fraction of sp³-hybridized carbons (Fsp3) is 0.615. The first-order chi connectivity index (χ1) is 8.58. The molecule has 102 valence electrons. The molecule has 0 saturated carbocycles. The van der Waals surface area contributed by atoms with Crippen molar-refractivity contribution in [3.05, 3.63) is 23.7 Å². The predicted molar refractivity (Wildman–Crippen MR) is 67.6 cm³/mol. The van der Waals surface area contributed by atoms with Gasteiger partial charge in [0, 0.05) is 13.2 Å². The first-order valence-electron chi connectivity index (χ1n) is 6.11. The molecule has 2 atom stereocenters. The maximum atomic E-state index is 11.2. The van der Waals surface area contributed by atoms with Crippen LogP contribution in [0, 0.1) is 0 Å². The van der Waals surface area contributed by atoms with Crippen LogP contribution in [-0.2, 0) is 9.47 Å². The lowest BCUT2D eigenvalue weighted by Gasteiger charge is -2.16. The zero-order chi connectivity index (χ0) is 13.5. The molecule has 0 aliphatic rings. The van der Waals surface area contributed by atoms with Gasteiger partial charge in [-0.3, -0.25) is 0 Å². The second-order valence-corrected chi connectivity index (χ2v) is 4.09. The summed E-state index contributed by atoms with van der Waals surface area (Å²) in [5.74, 6) is 0.467. The van der Waals surface area contributed by atoms with Crippen LogP contribution in [0.2, 0.25) is 0 Å². The van der Waals surface area contributed by atoms with E-state index in [9.17, 15) is 4.79 Å². The highest BCUT2D eigenvalue weighted by atomic mass is 16.5. The number of carbonyl (C=O) groups is 1. The Morgan fingerprint density at radius 2 is 2.17 bits per heavy atom. The Kier molecular flexibility index (Phi) is 5.88. The normalized spacial score (nSPS) is 14.2. The zero-order valence-corrected chi connectivity index (χ0v) is 11.4. The molecule has 1 rings (SSSR count). The van der Waals surface area contributed by atoms with E-state index < -0.39 is 5.97 Å². The van der Waals surface area contributed by atoms with Crippen molar-refractivity contribution in [2.24, 2.45) is 0 Å². The molecule has 0 fully saturated rings. The van der Waals surface area contributed by atoms with E-state index in [4.69, 9.17) is 9.15 Å². The summed E-state index contributed by atoms with van der Waals surface area (Å²) < 4.78 is 15.4. The van der Waals surface area contributed by atoms with Crippen LogP contribution in [0.25, 0.3) is 0 Å². The van der Waals surface area contributed by atoms with Gasteiger partial charge in [-0.15, -0.1) is 0 Å². The monoisotopic (exact) mass is 255 g/mol. The maximum Gasteiger partial charge on any atom is 0.373 e. The Balaban J connectivity index is 2.49. The standard InChI is InChI=1S/C13H21NO4/c1-5-17-9(2)8-14-10(3)11-6-7-12(18-11)13(15)16-4/h6-7,9-10,14H,5,8H2,1-4H3. The van der Waals surface area contributed by atoms with Gasteiger partial charge in [0.2, 0.25) is 5.76 Å². The Morgan fingerprint density at radius 3 is 2.78 bits per heavy atom. The molecular formula is C13H21NO4. The highest BCUT2D eigenvalue weighted by molar-refractivity contribution is 5.86. The second-order valence-electron chi connectivity index (χ2n) is 4.09. The minimum atomic E-state index is -0.462. The lowest BCUT2D eigenvalue weighted by molar-refractivity contribution is 0.0560. The van der Waals surface area contributed by atoms with Crippen LogP contribution in [0.15, 0.2) is 16.5 Å². The number of hydrogen-bond donors (Lipinski definition) is 1. The average molecular weight is 255 g/mol. The number of furan rings is 1. The molecule has 0 spiro atoms. The van der Waals surface area contributed by atoms with Crippen LogP contribution in [0.5, 0.6) is 0 Å². The van der Waals surface area contributed by atoms with Gasteiger partial charge in [0.1, 0.15) is 5.76 Å². The SMILES string of the molecule is CCOC(C)CNC(C)c1ccc(C(=O)OC)o1. The summed E-state index contributed by atoms with van der Waals surface area (Å²) in [5.41, 5.74) is 0. The van der Waals surface area contributed by atoms with Crippen LogP contribution >= 0.6 is 0 Å². The van der Waals surface area contributed by atoms with Crippen LogP contribution < -0.4 is 5.32 Å². The summed E-state index contributed by atoms with van der Waals surface area (Å²) in [6.45, 7) is 7.37. The Labute approximate surface area is 107 Å². The number of rotatable bonds is 7. The maximum absolute atomic E-state index is 11.2. The topological polar surface area (TPSA) is 60.7 Å². The van der Waals surface area contributed by atoms with Gasteiger partial charge in [-0.25, -0.2) is 4.79 Å². The van der Waals surface area contributed by atoms with Crippen molar-refractivity contribution in [1.82, 2.24) is 5.32 Å². The Hall–Kier alpha value is -1.33. The molecule has 0 radical (unpaired) electrons. The van der Waals surface area contributed by atoms with E-state index >= 15 is 0 Å². The van der Waals surface area contributed by atoms with Gasteiger partial charge in [-0.1, -0.05) is 0 Å². The lowest BCUT2D eigenvalue weighted by Crippen LogP contribution is -2.29. The molecule has 5 nitrogen and oxygen atoms in total. The molecule has 0 aliphatic heterocycles. The van der Waals surface area contributed by atoms with Crippen LogP contribution in [0.4, 0.5) is 0 Å². The number of carbonyl (C=O) groups excluding carboxylic acids is 1. The Morgan fingerprint density at radius 1 is 1.44 bits per heavy atom. The fourth-order valence-electron chi connectivity index (χ4n) is 1.58. The van der Waals surface area contributed by atoms with E-state index in [1.54, 1.807) is 12.1 Å².